The Kier molecular flexibility index (Phi) is 3.41. The van der Waals surface area contributed by atoms with Gasteiger partial charge in [-0.15, -0.1) is 0 Å². The third-order valence-corrected chi connectivity index (χ3v) is 4.73. The van der Waals surface area contributed by atoms with E-state index >= 15 is 0 Å². The number of benzene rings is 1. The van der Waals surface area contributed by atoms with Crippen LogP contribution in [0, 0.1) is 0 Å². The molecule has 23 heavy (non-hydrogen) atoms. The number of carbonyl (C=O) groups excluding carboxylic acids is 1. The molecule has 2 aromatic rings. The highest BCUT2D eigenvalue weighted by atomic mass is 79.9. The Labute approximate surface area is 140 Å². The fourth-order valence-electron chi connectivity index (χ4n) is 3.27. The Morgan fingerprint density at radius 1 is 1.26 bits per heavy atom. The van der Waals surface area contributed by atoms with Gasteiger partial charge < -0.3 is 9.72 Å². The Hall–Kier alpha value is -2.21. The van der Waals surface area contributed by atoms with Crippen LogP contribution in [-0.4, -0.2) is 15.8 Å². The van der Waals surface area contributed by atoms with Crippen molar-refractivity contribution in [3.8, 4) is 5.88 Å². The van der Waals surface area contributed by atoms with Gasteiger partial charge in [0.1, 0.15) is 5.76 Å². The summed E-state index contributed by atoms with van der Waals surface area (Å²) in [5.74, 6) is 0.561. The van der Waals surface area contributed by atoms with Crippen molar-refractivity contribution in [2.45, 2.75) is 25.2 Å². The first-order valence-corrected chi connectivity index (χ1v) is 8.21. The summed E-state index contributed by atoms with van der Waals surface area (Å²) in [6.07, 6.45) is 3.27. The van der Waals surface area contributed by atoms with E-state index in [4.69, 9.17) is 4.74 Å². The SMILES string of the molecule is O=C1CCCC2=C1[C@@H](c1cccc(Br)c1)c1c(nc[nH]c1=O)O2. The van der Waals surface area contributed by atoms with Gasteiger partial charge in [-0.3, -0.25) is 9.59 Å². The number of ether oxygens (including phenoxy) is 1. The van der Waals surface area contributed by atoms with Crippen LogP contribution in [0.4, 0.5) is 0 Å². The van der Waals surface area contributed by atoms with Gasteiger partial charge >= 0.3 is 0 Å². The van der Waals surface area contributed by atoms with Crippen molar-refractivity contribution in [1.29, 1.82) is 0 Å². The molecular formula is C17H13BrN2O3. The van der Waals surface area contributed by atoms with Crippen molar-refractivity contribution < 1.29 is 9.53 Å². The minimum absolute atomic E-state index is 0.0464. The van der Waals surface area contributed by atoms with Gasteiger partial charge in [0.25, 0.3) is 5.56 Å². The predicted molar refractivity (Wildman–Crippen MR) is 87.4 cm³/mol. The molecule has 2 aliphatic rings. The van der Waals surface area contributed by atoms with E-state index in [0.717, 1.165) is 16.5 Å². The number of hydrogen-bond acceptors (Lipinski definition) is 4. The number of fused-ring (bicyclic) bond motifs is 1. The van der Waals surface area contributed by atoms with E-state index in [0.29, 0.717) is 35.6 Å². The van der Waals surface area contributed by atoms with Gasteiger partial charge in [-0.25, -0.2) is 4.98 Å². The molecule has 0 saturated carbocycles. The van der Waals surface area contributed by atoms with E-state index in [9.17, 15) is 9.59 Å². The van der Waals surface area contributed by atoms with Crippen LogP contribution in [0.25, 0.3) is 0 Å². The van der Waals surface area contributed by atoms with Gasteiger partial charge in [-0.2, -0.15) is 0 Å². The van der Waals surface area contributed by atoms with Crippen molar-refractivity contribution in [1.82, 2.24) is 9.97 Å². The van der Waals surface area contributed by atoms with Crippen LogP contribution in [0.3, 0.4) is 0 Å². The molecule has 1 aromatic heterocycles. The maximum absolute atomic E-state index is 12.5. The average molecular weight is 373 g/mol. The second-order valence-corrected chi connectivity index (χ2v) is 6.57. The molecule has 1 aliphatic heterocycles. The zero-order valence-corrected chi connectivity index (χ0v) is 13.7. The van der Waals surface area contributed by atoms with Crippen LogP contribution < -0.4 is 10.3 Å². The topological polar surface area (TPSA) is 72.0 Å². The van der Waals surface area contributed by atoms with Gasteiger partial charge in [0.15, 0.2) is 5.78 Å². The maximum atomic E-state index is 12.5. The molecule has 1 N–H and O–H groups in total. The smallest absolute Gasteiger partial charge is 0.258 e. The summed E-state index contributed by atoms with van der Waals surface area (Å²) in [5, 5.41) is 0. The minimum atomic E-state index is -0.434. The number of allylic oxidation sites excluding steroid dienone is 2. The first-order chi connectivity index (χ1) is 11.1. The molecule has 0 radical (unpaired) electrons. The number of aromatic nitrogens is 2. The normalized spacial score (nSPS) is 19.9. The van der Waals surface area contributed by atoms with E-state index in [1.807, 2.05) is 24.3 Å². The van der Waals surface area contributed by atoms with Gasteiger partial charge in [0, 0.05) is 22.9 Å². The van der Waals surface area contributed by atoms with Crippen LogP contribution in [0.15, 0.2) is 51.2 Å². The molecule has 1 aromatic carbocycles. The zero-order chi connectivity index (χ0) is 16.0. The van der Waals surface area contributed by atoms with Gasteiger partial charge in [0.05, 0.1) is 17.8 Å². The Balaban J connectivity index is 2.01. The van der Waals surface area contributed by atoms with Crippen molar-refractivity contribution >= 4 is 21.7 Å². The highest BCUT2D eigenvalue weighted by molar-refractivity contribution is 9.10. The molecule has 2 heterocycles. The number of rotatable bonds is 1. The summed E-state index contributed by atoms with van der Waals surface area (Å²) in [6.45, 7) is 0. The lowest BCUT2D eigenvalue weighted by Gasteiger charge is -2.31. The lowest BCUT2D eigenvalue weighted by Crippen LogP contribution is -2.30. The Bertz CT molecular complexity index is 901. The number of nitrogens with zero attached hydrogens (tertiary/aromatic N) is 1. The Morgan fingerprint density at radius 3 is 2.96 bits per heavy atom. The van der Waals surface area contributed by atoms with Crippen LogP contribution >= 0.6 is 15.9 Å². The summed E-state index contributed by atoms with van der Waals surface area (Å²) >= 11 is 3.46. The van der Waals surface area contributed by atoms with E-state index in [1.165, 1.54) is 6.33 Å². The number of aromatic amines is 1. The van der Waals surface area contributed by atoms with E-state index in [-0.39, 0.29) is 11.3 Å². The molecule has 1 atom stereocenters. The summed E-state index contributed by atoms with van der Waals surface area (Å²) in [7, 11) is 0. The summed E-state index contributed by atoms with van der Waals surface area (Å²) < 4.78 is 6.68. The molecular weight excluding hydrogens is 360 g/mol. The van der Waals surface area contributed by atoms with Crippen LogP contribution in [0.5, 0.6) is 5.88 Å². The van der Waals surface area contributed by atoms with Crippen LogP contribution in [0.1, 0.15) is 36.3 Å². The summed E-state index contributed by atoms with van der Waals surface area (Å²) in [6, 6.07) is 7.66. The third kappa shape index (κ3) is 2.34. The summed E-state index contributed by atoms with van der Waals surface area (Å²) in [5.41, 5.74) is 1.61. The van der Waals surface area contributed by atoms with Crippen molar-refractivity contribution in [2.24, 2.45) is 0 Å². The van der Waals surface area contributed by atoms with Crippen molar-refractivity contribution in [3.63, 3.8) is 0 Å². The number of halogens is 1. The molecule has 5 nitrogen and oxygen atoms in total. The lowest BCUT2D eigenvalue weighted by molar-refractivity contribution is -0.116. The number of ketones is 1. The number of hydrogen-bond donors (Lipinski definition) is 1. The zero-order valence-electron chi connectivity index (χ0n) is 12.1. The molecule has 116 valence electrons. The quantitative estimate of drug-likeness (QED) is 0.834. The molecule has 0 unspecified atom stereocenters. The third-order valence-electron chi connectivity index (χ3n) is 4.24. The van der Waals surface area contributed by atoms with E-state index < -0.39 is 5.92 Å². The lowest BCUT2D eigenvalue weighted by atomic mass is 9.78. The number of nitrogens with one attached hydrogen (secondary N) is 1. The second-order valence-electron chi connectivity index (χ2n) is 5.65. The highest BCUT2D eigenvalue weighted by Crippen LogP contribution is 2.44. The molecule has 0 fully saturated rings. The number of Topliss-reactive ketones (excluding diaryl/α,β-unsaturated/α-hetero) is 1. The molecule has 4 rings (SSSR count). The highest BCUT2D eigenvalue weighted by Gasteiger charge is 2.39. The number of carbonyl (C=O) groups is 1. The van der Waals surface area contributed by atoms with Gasteiger partial charge in [-0.1, -0.05) is 28.1 Å². The fraction of sp³-hybridized carbons (Fsp3) is 0.235. The van der Waals surface area contributed by atoms with Gasteiger partial charge in [-0.05, 0) is 24.1 Å². The van der Waals surface area contributed by atoms with Crippen molar-refractivity contribution in [2.75, 3.05) is 0 Å². The molecule has 1 aliphatic carbocycles. The monoisotopic (exact) mass is 372 g/mol. The standard InChI is InChI=1S/C17H13BrN2O3/c18-10-4-1-3-9(7-10)13-14-11(21)5-2-6-12(14)23-17-15(13)16(22)19-8-20-17/h1,3-4,7-8,13H,2,5-6H2,(H,19,20,22)/t13-/m1/s1. The average Bonchev–Trinajstić information content (AvgIpc) is 2.53. The summed E-state index contributed by atoms with van der Waals surface area (Å²) in [4.78, 5) is 31.7. The van der Waals surface area contributed by atoms with E-state index in [2.05, 4.69) is 25.9 Å². The Morgan fingerprint density at radius 2 is 2.13 bits per heavy atom. The van der Waals surface area contributed by atoms with Crippen LogP contribution in [-0.2, 0) is 4.79 Å². The van der Waals surface area contributed by atoms with Crippen molar-refractivity contribution in [3.05, 3.63) is 67.9 Å². The van der Waals surface area contributed by atoms with E-state index in [1.54, 1.807) is 0 Å². The largest absolute Gasteiger partial charge is 0.442 e. The minimum Gasteiger partial charge on any atom is -0.442 e. The first kappa shape index (κ1) is 14.4. The number of H-pyrrole nitrogens is 1. The first-order valence-electron chi connectivity index (χ1n) is 7.42. The molecule has 0 amide bonds. The molecule has 6 heteroatoms. The molecule has 0 bridgehead atoms. The van der Waals surface area contributed by atoms with Crippen LogP contribution in [0.2, 0.25) is 0 Å². The maximum Gasteiger partial charge on any atom is 0.258 e. The molecule has 0 saturated heterocycles. The second kappa shape index (κ2) is 5.45. The fourth-order valence-corrected chi connectivity index (χ4v) is 3.69. The van der Waals surface area contributed by atoms with Gasteiger partial charge in [0.2, 0.25) is 5.88 Å². The molecule has 0 spiro atoms. The predicted octanol–water partition coefficient (Wildman–Crippen LogP) is 3.06.